The summed E-state index contributed by atoms with van der Waals surface area (Å²) in [6, 6.07) is 21.9. The van der Waals surface area contributed by atoms with Crippen LogP contribution in [0.4, 0.5) is 16.4 Å². The van der Waals surface area contributed by atoms with Crippen molar-refractivity contribution in [2.45, 2.75) is 42.8 Å². The monoisotopic (exact) mass is 615 g/mol. The van der Waals surface area contributed by atoms with E-state index in [1.165, 1.54) is 47.4 Å². The average Bonchev–Trinajstić information content (AvgIpc) is 3.38. The number of aryl methyl sites for hydroxylation is 1. The van der Waals surface area contributed by atoms with Gasteiger partial charge in [-0.3, -0.25) is 19.7 Å². The highest BCUT2D eigenvalue weighted by molar-refractivity contribution is 8.00. The SMILES string of the molecule is CCOC(=O)c1c(NC(=O)C(Sc2cccc(NC(=O)c3cccc([N+](=O)[O-])c3)c2)c2ccccc2)sc2c1CCCC2. The Balaban J connectivity index is 1.39. The molecule has 1 atom stereocenters. The fourth-order valence-electron chi connectivity index (χ4n) is 4.90. The standard InChI is InChI=1S/C32H29N3O6S2/c1-2-41-32(38)27-25-16-6-7-17-26(25)43-31(27)34-30(37)28(20-10-4-3-5-11-20)42-24-15-9-13-22(19-24)33-29(36)21-12-8-14-23(18-21)35(39)40/h3-5,8-15,18-19,28H,2,6-7,16-17H2,1H3,(H,33,36)(H,34,37). The van der Waals surface area contributed by atoms with Gasteiger partial charge in [-0.25, -0.2) is 4.79 Å². The average molecular weight is 616 g/mol. The lowest BCUT2D eigenvalue weighted by atomic mass is 9.95. The van der Waals surface area contributed by atoms with Crippen LogP contribution in [0, 0.1) is 10.1 Å². The second-order valence-corrected chi connectivity index (χ2v) is 12.1. The van der Waals surface area contributed by atoms with Crippen LogP contribution in [0.15, 0.2) is 83.8 Å². The van der Waals surface area contributed by atoms with E-state index < -0.39 is 22.0 Å². The number of anilines is 2. The van der Waals surface area contributed by atoms with Gasteiger partial charge in [-0.2, -0.15) is 0 Å². The largest absolute Gasteiger partial charge is 0.462 e. The van der Waals surface area contributed by atoms with Crippen molar-refractivity contribution in [2.24, 2.45) is 0 Å². The Morgan fingerprint density at radius 2 is 1.74 bits per heavy atom. The van der Waals surface area contributed by atoms with Gasteiger partial charge in [0.15, 0.2) is 0 Å². The van der Waals surface area contributed by atoms with Crippen molar-refractivity contribution in [3.8, 4) is 0 Å². The third-order valence-electron chi connectivity index (χ3n) is 6.89. The maximum Gasteiger partial charge on any atom is 0.341 e. The van der Waals surface area contributed by atoms with E-state index in [1.54, 1.807) is 25.1 Å². The predicted molar refractivity (Wildman–Crippen MR) is 168 cm³/mol. The topological polar surface area (TPSA) is 128 Å². The molecule has 5 rings (SSSR count). The number of rotatable bonds is 10. The van der Waals surface area contributed by atoms with Gasteiger partial charge < -0.3 is 15.4 Å². The van der Waals surface area contributed by atoms with Gasteiger partial charge in [0.05, 0.1) is 17.1 Å². The lowest BCUT2D eigenvalue weighted by molar-refractivity contribution is -0.384. The Bertz CT molecular complexity index is 1670. The molecule has 11 heteroatoms. The molecule has 0 saturated heterocycles. The van der Waals surface area contributed by atoms with Crippen molar-refractivity contribution in [3.05, 3.63) is 116 Å². The number of esters is 1. The van der Waals surface area contributed by atoms with Gasteiger partial charge >= 0.3 is 5.97 Å². The molecule has 0 saturated carbocycles. The van der Waals surface area contributed by atoms with E-state index in [0.717, 1.165) is 46.6 Å². The molecule has 220 valence electrons. The van der Waals surface area contributed by atoms with E-state index in [4.69, 9.17) is 4.74 Å². The fourth-order valence-corrected chi connectivity index (χ4v) is 7.26. The van der Waals surface area contributed by atoms with Crippen molar-refractivity contribution >= 4 is 57.3 Å². The molecule has 0 bridgehead atoms. The zero-order chi connectivity index (χ0) is 30.3. The van der Waals surface area contributed by atoms with Crippen molar-refractivity contribution in [3.63, 3.8) is 0 Å². The number of nitrogens with one attached hydrogen (secondary N) is 2. The summed E-state index contributed by atoms with van der Waals surface area (Å²) in [5.41, 5.74) is 2.66. The highest BCUT2D eigenvalue weighted by Crippen LogP contribution is 2.41. The van der Waals surface area contributed by atoms with Crippen molar-refractivity contribution in [1.29, 1.82) is 0 Å². The number of ether oxygens (including phenoxy) is 1. The number of carbonyl (C=O) groups excluding carboxylic acids is 3. The first-order valence-corrected chi connectivity index (χ1v) is 15.5. The number of carbonyl (C=O) groups is 3. The van der Waals surface area contributed by atoms with E-state index in [2.05, 4.69) is 10.6 Å². The molecule has 43 heavy (non-hydrogen) atoms. The third kappa shape index (κ3) is 7.12. The van der Waals surface area contributed by atoms with Gasteiger partial charge in [0.25, 0.3) is 11.6 Å². The van der Waals surface area contributed by atoms with Crippen LogP contribution in [0.3, 0.4) is 0 Å². The van der Waals surface area contributed by atoms with E-state index >= 15 is 0 Å². The number of thiophene rings is 1. The number of hydrogen-bond acceptors (Lipinski definition) is 8. The molecule has 9 nitrogen and oxygen atoms in total. The molecule has 1 aromatic heterocycles. The van der Waals surface area contributed by atoms with E-state index in [1.807, 2.05) is 36.4 Å². The molecule has 0 spiro atoms. The van der Waals surface area contributed by atoms with Crippen LogP contribution < -0.4 is 10.6 Å². The molecular weight excluding hydrogens is 587 g/mol. The van der Waals surface area contributed by atoms with Crippen LogP contribution in [-0.4, -0.2) is 29.3 Å². The van der Waals surface area contributed by atoms with E-state index in [-0.39, 0.29) is 23.8 Å². The van der Waals surface area contributed by atoms with Gasteiger partial charge in [-0.1, -0.05) is 42.5 Å². The minimum atomic E-state index is -0.668. The quantitative estimate of drug-likeness (QED) is 0.0821. The van der Waals surface area contributed by atoms with Crippen molar-refractivity contribution < 1.29 is 24.0 Å². The van der Waals surface area contributed by atoms with Crippen molar-refractivity contribution in [1.82, 2.24) is 0 Å². The first kappa shape index (κ1) is 30.0. The number of fused-ring (bicyclic) bond motifs is 1. The number of hydrogen-bond donors (Lipinski definition) is 2. The number of benzene rings is 3. The predicted octanol–water partition coefficient (Wildman–Crippen LogP) is 7.44. The number of amides is 2. The summed E-state index contributed by atoms with van der Waals surface area (Å²) >= 11 is 2.75. The number of non-ortho nitro benzene ring substituents is 1. The maximum absolute atomic E-state index is 13.9. The fraction of sp³-hybridized carbons (Fsp3) is 0.219. The van der Waals surface area contributed by atoms with E-state index in [0.29, 0.717) is 16.3 Å². The number of nitro benzene ring substituents is 1. The Labute approximate surface area is 256 Å². The number of thioether (sulfide) groups is 1. The van der Waals surface area contributed by atoms with Crippen LogP contribution in [0.5, 0.6) is 0 Å². The number of nitrogens with zero attached hydrogens (tertiary/aromatic N) is 1. The molecule has 0 fully saturated rings. The van der Waals surface area contributed by atoms with Gasteiger partial charge in [0.1, 0.15) is 10.3 Å². The first-order valence-electron chi connectivity index (χ1n) is 13.8. The van der Waals surface area contributed by atoms with Gasteiger partial charge in [0, 0.05) is 33.2 Å². The second kappa shape index (κ2) is 13.7. The van der Waals surface area contributed by atoms with E-state index in [9.17, 15) is 24.5 Å². The molecule has 1 aliphatic rings. The molecule has 2 amide bonds. The molecule has 0 aliphatic heterocycles. The van der Waals surface area contributed by atoms with Crippen LogP contribution in [-0.2, 0) is 22.4 Å². The summed E-state index contributed by atoms with van der Waals surface area (Å²) in [6.07, 6.45) is 3.68. The van der Waals surface area contributed by atoms with Gasteiger partial charge in [-0.05, 0) is 68.0 Å². The molecule has 0 radical (unpaired) electrons. The molecule has 3 aromatic carbocycles. The zero-order valence-electron chi connectivity index (χ0n) is 23.3. The minimum Gasteiger partial charge on any atom is -0.462 e. The number of nitro groups is 1. The zero-order valence-corrected chi connectivity index (χ0v) is 25.0. The van der Waals surface area contributed by atoms with Gasteiger partial charge in [0.2, 0.25) is 5.91 Å². The summed E-state index contributed by atoms with van der Waals surface area (Å²) in [7, 11) is 0. The highest BCUT2D eigenvalue weighted by Gasteiger charge is 2.30. The first-order chi connectivity index (χ1) is 20.8. The van der Waals surface area contributed by atoms with Crippen LogP contribution in [0.2, 0.25) is 0 Å². The second-order valence-electron chi connectivity index (χ2n) is 9.82. The molecule has 4 aromatic rings. The van der Waals surface area contributed by atoms with Crippen molar-refractivity contribution in [2.75, 3.05) is 17.2 Å². The summed E-state index contributed by atoms with van der Waals surface area (Å²) in [4.78, 5) is 52.1. The summed E-state index contributed by atoms with van der Waals surface area (Å²) in [5, 5.41) is 16.8. The normalized spacial score (nSPS) is 13.0. The maximum atomic E-state index is 13.9. The van der Waals surface area contributed by atoms with Gasteiger partial charge in [-0.15, -0.1) is 23.1 Å². The highest BCUT2D eigenvalue weighted by atomic mass is 32.2. The lowest BCUT2D eigenvalue weighted by Gasteiger charge is -2.18. The van der Waals surface area contributed by atoms with Crippen LogP contribution >= 0.6 is 23.1 Å². The molecule has 1 unspecified atom stereocenters. The summed E-state index contributed by atoms with van der Waals surface area (Å²) < 4.78 is 5.35. The summed E-state index contributed by atoms with van der Waals surface area (Å²) in [6.45, 7) is 2.00. The molecule has 1 aliphatic carbocycles. The van der Waals surface area contributed by atoms with Crippen LogP contribution in [0.1, 0.15) is 61.7 Å². The third-order valence-corrected chi connectivity index (χ3v) is 9.35. The Morgan fingerprint density at radius 3 is 2.51 bits per heavy atom. The Hall–Kier alpha value is -4.48. The van der Waals surface area contributed by atoms with Crippen LogP contribution in [0.25, 0.3) is 0 Å². The smallest absolute Gasteiger partial charge is 0.341 e. The minimum absolute atomic E-state index is 0.157. The Kier molecular flexibility index (Phi) is 9.53. The lowest BCUT2D eigenvalue weighted by Crippen LogP contribution is -2.20. The molecule has 2 N–H and O–H groups in total. The summed E-state index contributed by atoms with van der Waals surface area (Å²) in [5.74, 6) is -1.20. The Morgan fingerprint density at radius 1 is 0.977 bits per heavy atom. The molecular formula is C32H29N3O6S2. The molecule has 1 heterocycles.